The summed E-state index contributed by atoms with van der Waals surface area (Å²) in [6.07, 6.45) is 1.61. The Balaban J connectivity index is 2.08. The van der Waals surface area contributed by atoms with Gasteiger partial charge in [-0.2, -0.15) is 0 Å². The summed E-state index contributed by atoms with van der Waals surface area (Å²) in [4.78, 5) is 12.0. The molecule has 1 aromatic heterocycles. The van der Waals surface area contributed by atoms with Crippen molar-refractivity contribution in [3.8, 4) is 0 Å². The SMILES string of the molecule is CCOC(=O)C(NCc1ccco1)c1ccccc1. The molecule has 0 spiro atoms. The first-order valence-corrected chi connectivity index (χ1v) is 6.28. The number of carbonyl (C=O) groups is 1. The monoisotopic (exact) mass is 259 g/mol. The number of nitrogens with one attached hydrogen (secondary N) is 1. The summed E-state index contributed by atoms with van der Waals surface area (Å²) in [7, 11) is 0. The van der Waals surface area contributed by atoms with Gasteiger partial charge in [0.25, 0.3) is 0 Å². The molecule has 0 radical (unpaired) electrons. The lowest BCUT2D eigenvalue weighted by molar-refractivity contribution is -0.145. The molecule has 0 saturated heterocycles. The lowest BCUT2D eigenvalue weighted by Crippen LogP contribution is -2.29. The van der Waals surface area contributed by atoms with E-state index < -0.39 is 6.04 Å². The van der Waals surface area contributed by atoms with E-state index in [0.717, 1.165) is 11.3 Å². The number of ether oxygens (including phenoxy) is 1. The van der Waals surface area contributed by atoms with Crippen molar-refractivity contribution in [3.05, 3.63) is 60.1 Å². The molecule has 2 aromatic rings. The van der Waals surface area contributed by atoms with Crippen LogP contribution in [0.25, 0.3) is 0 Å². The van der Waals surface area contributed by atoms with Crippen LogP contribution in [0.4, 0.5) is 0 Å². The summed E-state index contributed by atoms with van der Waals surface area (Å²) in [5.41, 5.74) is 0.882. The molecule has 0 amide bonds. The van der Waals surface area contributed by atoms with Gasteiger partial charge in [-0.15, -0.1) is 0 Å². The lowest BCUT2D eigenvalue weighted by atomic mass is 10.1. The van der Waals surface area contributed by atoms with Crippen molar-refractivity contribution < 1.29 is 13.9 Å². The van der Waals surface area contributed by atoms with Gasteiger partial charge in [0.15, 0.2) is 0 Å². The third-order valence-electron chi connectivity index (χ3n) is 2.72. The van der Waals surface area contributed by atoms with Gasteiger partial charge in [-0.1, -0.05) is 30.3 Å². The van der Waals surface area contributed by atoms with E-state index in [1.54, 1.807) is 13.2 Å². The summed E-state index contributed by atoms with van der Waals surface area (Å²) < 4.78 is 10.3. The van der Waals surface area contributed by atoms with Crippen molar-refractivity contribution >= 4 is 5.97 Å². The van der Waals surface area contributed by atoms with E-state index in [4.69, 9.17) is 9.15 Å². The van der Waals surface area contributed by atoms with Gasteiger partial charge in [-0.25, -0.2) is 4.79 Å². The van der Waals surface area contributed by atoms with Crippen LogP contribution in [0.5, 0.6) is 0 Å². The van der Waals surface area contributed by atoms with Crippen molar-refractivity contribution in [2.75, 3.05) is 6.61 Å². The van der Waals surface area contributed by atoms with Gasteiger partial charge in [0.05, 0.1) is 19.4 Å². The first-order valence-electron chi connectivity index (χ1n) is 6.28. The second-order valence-electron chi connectivity index (χ2n) is 4.06. The zero-order valence-electron chi connectivity index (χ0n) is 10.8. The molecule has 0 aliphatic carbocycles. The predicted molar refractivity (Wildman–Crippen MR) is 71.4 cm³/mol. The Morgan fingerprint density at radius 1 is 1.26 bits per heavy atom. The van der Waals surface area contributed by atoms with Crippen LogP contribution in [0.3, 0.4) is 0 Å². The summed E-state index contributed by atoms with van der Waals surface area (Å²) in [6, 6.07) is 12.7. The minimum Gasteiger partial charge on any atom is -0.468 e. The highest BCUT2D eigenvalue weighted by Crippen LogP contribution is 2.15. The van der Waals surface area contributed by atoms with Gasteiger partial charge >= 0.3 is 5.97 Å². The molecule has 1 heterocycles. The summed E-state index contributed by atoms with van der Waals surface area (Å²) in [5, 5.41) is 3.15. The van der Waals surface area contributed by atoms with Crippen molar-refractivity contribution in [1.82, 2.24) is 5.32 Å². The Hall–Kier alpha value is -2.07. The van der Waals surface area contributed by atoms with Crippen LogP contribution >= 0.6 is 0 Å². The average Bonchev–Trinajstić information content (AvgIpc) is 2.94. The minimum absolute atomic E-state index is 0.278. The molecule has 0 saturated carbocycles. The van der Waals surface area contributed by atoms with Crippen LogP contribution in [-0.2, 0) is 16.1 Å². The zero-order chi connectivity index (χ0) is 13.5. The lowest BCUT2D eigenvalue weighted by Gasteiger charge is -2.16. The van der Waals surface area contributed by atoms with Crippen LogP contribution < -0.4 is 5.32 Å². The predicted octanol–water partition coefficient (Wildman–Crippen LogP) is 2.67. The smallest absolute Gasteiger partial charge is 0.327 e. The molecule has 1 atom stereocenters. The number of rotatable bonds is 6. The van der Waals surface area contributed by atoms with Crippen molar-refractivity contribution in [2.24, 2.45) is 0 Å². The quantitative estimate of drug-likeness (QED) is 0.810. The number of hydrogen-bond donors (Lipinski definition) is 1. The summed E-state index contributed by atoms with van der Waals surface area (Å²) in [5.74, 6) is 0.505. The maximum Gasteiger partial charge on any atom is 0.327 e. The molecular formula is C15H17NO3. The van der Waals surface area contributed by atoms with Gasteiger partial charge in [-0.3, -0.25) is 5.32 Å². The van der Waals surface area contributed by atoms with E-state index in [9.17, 15) is 4.79 Å². The Morgan fingerprint density at radius 2 is 2.05 bits per heavy atom. The number of esters is 1. The van der Waals surface area contributed by atoms with Crippen molar-refractivity contribution in [3.63, 3.8) is 0 Å². The van der Waals surface area contributed by atoms with Gasteiger partial charge in [-0.05, 0) is 24.6 Å². The molecule has 1 unspecified atom stereocenters. The van der Waals surface area contributed by atoms with E-state index >= 15 is 0 Å². The van der Waals surface area contributed by atoms with Gasteiger partial charge in [0.2, 0.25) is 0 Å². The molecule has 0 fully saturated rings. The Kier molecular flexibility index (Phi) is 4.75. The largest absolute Gasteiger partial charge is 0.468 e. The Bertz CT molecular complexity index is 493. The number of hydrogen-bond acceptors (Lipinski definition) is 4. The van der Waals surface area contributed by atoms with Gasteiger partial charge in [0.1, 0.15) is 11.8 Å². The molecule has 1 aromatic carbocycles. The Morgan fingerprint density at radius 3 is 2.68 bits per heavy atom. The van der Waals surface area contributed by atoms with Crippen LogP contribution in [0.2, 0.25) is 0 Å². The van der Waals surface area contributed by atoms with Gasteiger partial charge in [0, 0.05) is 0 Å². The van der Waals surface area contributed by atoms with Gasteiger partial charge < -0.3 is 9.15 Å². The maximum atomic E-state index is 12.0. The molecule has 19 heavy (non-hydrogen) atoms. The second kappa shape index (κ2) is 6.75. The highest BCUT2D eigenvalue weighted by atomic mass is 16.5. The maximum absolute atomic E-state index is 12.0. The minimum atomic E-state index is -0.480. The molecule has 2 rings (SSSR count). The fraction of sp³-hybridized carbons (Fsp3) is 0.267. The topological polar surface area (TPSA) is 51.5 Å². The van der Waals surface area contributed by atoms with Crippen LogP contribution in [0.15, 0.2) is 53.1 Å². The van der Waals surface area contributed by atoms with Crippen molar-refractivity contribution in [2.45, 2.75) is 19.5 Å². The van der Waals surface area contributed by atoms with Crippen molar-refractivity contribution in [1.29, 1.82) is 0 Å². The zero-order valence-corrected chi connectivity index (χ0v) is 10.8. The first kappa shape index (κ1) is 13.4. The third-order valence-corrected chi connectivity index (χ3v) is 2.72. The normalized spacial score (nSPS) is 12.1. The van der Waals surface area contributed by atoms with Crippen LogP contribution in [0, 0.1) is 0 Å². The third kappa shape index (κ3) is 3.69. The number of carbonyl (C=O) groups excluding carboxylic acids is 1. The van der Waals surface area contributed by atoms with E-state index in [0.29, 0.717) is 13.2 Å². The number of furan rings is 1. The van der Waals surface area contributed by atoms with E-state index in [2.05, 4.69) is 5.32 Å². The highest BCUT2D eigenvalue weighted by Gasteiger charge is 2.21. The average molecular weight is 259 g/mol. The first-order chi connectivity index (χ1) is 9.31. The van der Waals surface area contributed by atoms with E-state index in [1.807, 2.05) is 42.5 Å². The standard InChI is InChI=1S/C15H17NO3/c1-2-18-15(17)14(12-7-4-3-5-8-12)16-11-13-9-6-10-19-13/h3-10,14,16H,2,11H2,1H3. The van der Waals surface area contributed by atoms with E-state index in [1.165, 1.54) is 0 Å². The molecular weight excluding hydrogens is 242 g/mol. The fourth-order valence-corrected chi connectivity index (χ4v) is 1.82. The Labute approximate surface area is 112 Å². The molecule has 4 heteroatoms. The fourth-order valence-electron chi connectivity index (χ4n) is 1.82. The van der Waals surface area contributed by atoms with Crippen LogP contribution in [0.1, 0.15) is 24.3 Å². The summed E-state index contributed by atoms with van der Waals surface area (Å²) in [6.45, 7) is 2.64. The highest BCUT2D eigenvalue weighted by molar-refractivity contribution is 5.77. The summed E-state index contributed by atoms with van der Waals surface area (Å²) >= 11 is 0. The molecule has 100 valence electrons. The van der Waals surface area contributed by atoms with Crippen LogP contribution in [-0.4, -0.2) is 12.6 Å². The molecule has 0 bridgehead atoms. The van der Waals surface area contributed by atoms with E-state index in [-0.39, 0.29) is 5.97 Å². The molecule has 0 aliphatic heterocycles. The molecule has 0 aliphatic rings. The molecule has 1 N–H and O–H groups in total. The number of benzene rings is 1. The second-order valence-corrected chi connectivity index (χ2v) is 4.06. The molecule has 4 nitrogen and oxygen atoms in total.